The van der Waals surface area contributed by atoms with Gasteiger partial charge in [0.1, 0.15) is 0 Å². The van der Waals surface area contributed by atoms with E-state index in [2.05, 4.69) is 47.0 Å². The molecule has 3 fully saturated rings. The standard InChI is InChI=1S/C12H20S4Se2/c1(9-3-15-9)13-5-11-7-18-12(8-17-11)6-14-2-10-4-16-10/h9-12H,1-8H2. The molecule has 0 spiro atoms. The fraction of sp³-hybridized carbons (Fsp3) is 1.00. The molecule has 0 nitrogen and oxygen atoms in total. The topological polar surface area (TPSA) is 0 Å². The second kappa shape index (κ2) is 8.17. The summed E-state index contributed by atoms with van der Waals surface area (Å²) in [4.78, 5) is 2.29. The van der Waals surface area contributed by atoms with Crippen molar-refractivity contribution in [2.45, 2.75) is 30.8 Å². The molecular weight excluding hydrogens is 430 g/mol. The van der Waals surface area contributed by atoms with Gasteiger partial charge in [-0.3, -0.25) is 0 Å². The van der Waals surface area contributed by atoms with Crippen LogP contribution in [0.1, 0.15) is 0 Å². The SMILES string of the molecule is C(SCC1C[Se]C(CSCC2CS2)C[Se]1)C1CS1. The Hall–Kier alpha value is 2.44. The molecule has 0 radical (unpaired) electrons. The molecule has 4 atom stereocenters. The van der Waals surface area contributed by atoms with E-state index < -0.39 is 0 Å². The van der Waals surface area contributed by atoms with Crippen LogP contribution in [0.4, 0.5) is 0 Å². The van der Waals surface area contributed by atoms with Gasteiger partial charge >= 0.3 is 142 Å². The molecule has 3 aliphatic heterocycles. The monoisotopic (exact) mass is 452 g/mol. The van der Waals surface area contributed by atoms with E-state index in [9.17, 15) is 0 Å². The molecule has 3 rings (SSSR count). The van der Waals surface area contributed by atoms with Crippen LogP contribution in [0, 0.1) is 0 Å². The minimum atomic E-state index is 0.975. The Bertz CT molecular complexity index is 224. The molecule has 0 aromatic carbocycles. The summed E-state index contributed by atoms with van der Waals surface area (Å²) >= 11 is 10.8. The number of hydrogen-bond acceptors (Lipinski definition) is 4. The summed E-state index contributed by atoms with van der Waals surface area (Å²) in [5.74, 6) is 8.79. The maximum atomic E-state index is 2.26. The van der Waals surface area contributed by atoms with Gasteiger partial charge in [-0.05, 0) is 0 Å². The van der Waals surface area contributed by atoms with E-state index >= 15 is 0 Å². The van der Waals surface area contributed by atoms with Gasteiger partial charge in [-0.1, -0.05) is 0 Å². The Morgan fingerprint density at radius 1 is 0.778 bits per heavy atom. The van der Waals surface area contributed by atoms with Crippen LogP contribution in [0.15, 0.2) is 0 Å². The van der Waals surface area contributed by atoms with Gasteiger partial charge in [0.15, 0.2) is 0 Å². The Morgan fingerprint density at radius 3 is 1.56 bits per heavy atom. The van der Waals surface area contributed by atoms with Gasteiger partial charge in [-0.2, -0.15) is 0 Å². The molecule has 4 unspecified atom stereocenters. The molecule has 104 valence electrons. The zero-order valence-electron chi connectivity index (χ0n) is 10.4. The average Bonchev–Trinajstić information content (AvgIpc) is 3.25. The molecule has 0 amide bonds. The predicted molar refractivity (Wildman–Crippen MR) is 95.8 cm³/mol. The van der Waals surface area contributed by atoms with Gasteiger partial charge in [0.25, 0.3) is 0 Å². The van der Waals surface area contributed by atoms with Crippen LogP contribution < -0.4 is 0 Å². The van der Waals surface area contributed by atoms with E-state index in [-0.39, 0.29) is 0 Å². The first kappa shape index (κ1) is 15.3. The molecule has 3 saturated heterocycles. The molecule has 0 bridgehead atoms. The van der Waals surface area contributed by atoms with Crippen LogP contribution in [-0.4, -0.2) is 74.9 Å². The molecule has 18 heavy (non-hydrogen) atoms. The van der Waals surface area contributed by atoms with Crippen LogP contribution in [0.2, 0.25) is 20.3 Å². The summed E-state index contributed by atoms with van der Waals surface area (Å²) in [6.45, 7) is 0. The Morgan fingerprint density at radius 2 is 1.22 bits per heavy atom. The zero-order chi connectivity index (χ0) is 12.2. The first-order chi connectivity index (χ1) is 8.90. The summed E-state index contributed by atoms with van der Waals surface area (Å²) in [7, 11) is 0. The quantitative estimate of drug-likeness (QED) is 0.410. The number of rotatable bonds is 8. The van der Waals surface area contributed by atoms with Crippen molar-refractivity contribution in [3.8, 4) is 0 Å². The van der Waals surface area contributed by atoms with Crippen LogP contribution in [0.5, 0.6) is 0 Å². The van der Waals surface area contributed by atoms with Crippen molar-refractivity contribution in [3.05, 3.63) is 0 Å². The van der Waals surface area contributed by atoms with Crippen molar-refractivity contribution in [1.29, 1.82) is 0 Å². The van der Waals surface area contributed by atoms with E-state index in [1.165, 1.54) is 34.5 Å². The van der Waals surface area contributed by atoms with Gasteiger partial charge in [-0.15, -0.1) is 0 Å². The third-order valence-electron chi connectivity index (χ3n) is 3.06. The molecule has 3 heterocycles. The molecule has 3 aliphatic rings. The van der Waals surface area contributed by atoms with E-state index in [4.69, 9.17) is 0 Å². The maximum absolute atomic E-state index is 2.26. The van der Waals surface area contributed by atoms with Gasteiger partial charge in [0.05, 0.1) is 0 Å². The molecule has 0 aromatic heterocycles. The van der Waals surface area contributed by atoms with Gasteiger partial charge in [0.2, 0.25) is 0 Å². The second-order valence-corrected chi connectivity index (χ2v) is 15.3. The summed E-state index contributed by atoms with van der Waals surface area (Å²) in [6.07, 6.45) is 0. The van der Waals surface area contributed by atoms with Crippen molar-refractivity contribution in [2.75, 3.05) is 34.5 Å². The Kier molecular flexibility index (Phi) is 6.96. The summed E-state index contributed by atoms with van der Waals surface area (Å²) in [6, 6.07) is 0. The van der Waals surface area contributed by atoms with E-state index in [1.807, 2.05) is 0 Å². The van der Waals surface area contributed by atoms with Gasteiger partial charge < -0.3 is 0 Å². The van der Waals surface area contributed by atoms with Gasteiger partial charge in [-0.25, -0.2) is 0 Å². The molecule has 0 N–H and O–H groups in total. The zero-order valence-corrected chi connectivity index (χ0v) is 17.1. The predicted octanol–water partition coefficient (Wildman–Crippen LogP) is 3.52. The van der Waals surface area contributed by atoms with E-state index in [0.717, 1.165) is 50.0 Å². The summed E-state index contributed by atoms with van der Waals surface area (Å²) in [5, 5.41) is 5.31. The number of hydrogen-bond donors (Lipinski definition) is 0. The van der Waals surface area contributed by atoms with Crippen molar-refractivity contribution in [2.24, 2.45) is 0 Å². The third kappa shape index (κ3) is 6.05. The van der Waals surface area contributed by atoms with Crippen molar-refractivity contribution in [3.63, 3.8) is 0 Å². The number of thioether (sulfide) groups is 4. The van der Waals surface area contributed by atoms with Crippen LogP contribution in [-0.2, 0) is 0 Å². The summed E-state index contributed by atoms with van der Waals surface area (Å²) in [5.41, 5.74) is 0. The van der Waals surface area contributed by atoms with Crippen molar-refractivity contribution in [1.82, 2.24) is 0 Å². The van der Waals surface area contributed by atoms with Crippen molar-refractivity contribution >= 4 is 77.0 Å². The van der Waals surface area contributed by atoms with Crippen molar-refractivity contribution < 1.29 is 0 Å². The first-order valence-electron chi connectivity index (χ1n) is 6.52. The van der Waals surface area contributed by atoms with E-state index in [0.29, 0.717) is 0 Å². The second-order valence-electron chi connectivity index (χ2n) is 4.90. The molecular formula is C12H20S4Se2. The summed E-state index contributed by atoms with van der Waals surface area (Å²) < 4.78 is 0. The van der Waals surface area contributed by atoms with Crippen LogP contribution in [0.3, 0.4) is 0 Å². The minimum absolute atomic E-state index is 0.975. The van der Waals surface area contributed by atoms with Crippen LogP contribution >= 0.6 is 47.0 Å². The fourth-order valence-corrected chi connectivity index (χ4v) is 15.8. The molecule has 0 saturated carbocycles. The van der Waals surface area contributed by atoms with Crippen LogP contribution in [0.25, 0.3) is 0 Å². The Labute approximate surface area is 141 Å². The fourth-order valence-electron chi connectivity index (χ4n) is 1.77. The first-order valence-corrected chi connectivity index (χ1v) is 15.3. The normalized spacial score (nSPS) is 38.7. The Balaban J connectivity index is 1.21. The molecule has 0 aromatic rings. The van der Waals surface area contributed by atoms with Gasteiger partial charge in [0, 0.05) is 0 Å². The van der Waals surface area contributed by atoms with E-state index in [1.54, 1.807) is 10.6 Å². The molecule has 6 heteroatoms. The third-order valence-corrected chi connectivity index (χ3v) is 16.9. The average molecular weight is 450 g/mol. The molecule has 0 aliphatic carbocycles.